The summed E-state index contributed by atoms with van der Waals surface area (Å²) >= 11 is 6.38. The molecule has 8 nitrogen and oxygen atoms in total. The lowest BCUT2D eigenvalue weighted by molar-refractivity contribution is -0.138. The fourth-order valence-corrected chi connectivity index (χ4v) is 4.09. The summed E-state index contributed by atoms with van der Waals surface area (Å²) in [7, 11) is 0. The Morgan fingerprint density at radius 1 is 1.10 bits per heavy atom. The fraction of sp³-hybridized carbons (Fsp3) is 0.312. The minimum Gasteiger partial charge on any atom is -0.487 e. The van der Waals surface area contributed by atoms with Gasteiger partial charge in [-0.15, -0.1) is 0 Å². The number of esters is 2. The van der Waals surface area contributed by atoms with Gasteiger partial charge in [0.2, 0.25) is 6.29 Å². The lowest BCUT2D eigenvalue weighted by atomic mass is 9.95. The lowest BCUT2D eigenvalue weighted by Crippen LogP contribution is -2.22. The van der Waals surface area contributed by atoms with E-state index in [1.807, 2.05) is 24.3 Å². The second-order valence-electron chi connectivity index (χ2n) is 9.26. The van der Waals surface area contributed by atoms with Crippen LogP contribution < -0.4 is 14.2 Å². The molecule has 0 bridgehead atoms. The van der Waals surface area contributed by atoms with Gasteiger partial charge in [0.1, 0.15) is 23.9 Å². The Morgan fingerprint density at radius 2 is 1.85 bits per heavy atom. The van der Waals surface area contributed by atoms with E-state index in [2.05, 4.69) is 26.2 Å². The van der Waals surface area contributed by atoms with E-state index >= 15 is 0 Å². The van der Waals surface area contributed by atoms with Gasteiger partial charge in [-0.3, -0.25) is 4.79 Å². The van der Waals surface area contributed by atoms with Gasteiger partial charge in [-0.1, -0.05) is 62.0 Å². The summed E-state index contributed by atoms with van der Waals surface area (Å²) in [6.07, 6.45) is 8.56. The molecule has 41 heavy (non-hydrogen) atoms. The number of aliphatic hydroxyl groups excluding tert-OH is 1. The Bertz CT molecular complexity index is 1250. The van der Waals surface area contributed by atoms with Crippen LogP contribution in [0.15, 0.2) is 91.6 Å². The maximum absolute atomic E-state index is 12.3. The first-order valence-electron chi connectivity index (χ1n) is 13.3. The van der Waals surface area contributed by atoms with Crippen molar-refractivity contribution < 1.29 is 38.4 Å². The van der Waals surface area contributed by atoms with Gasteiger partial charge < -0.3 is 28.8 Å². The monoisotopic (exact) mass is 582 g/mol. The SMILES string of the molecule is C=CC(=O)OCCCOC1C=CC(COc2ccc(OC(=O)CCc3ccc(OC(O)C=C)cc3)cc2Cl)=CC1C. The molecule has 0 amide bonds. The second kappa shape index (κ2) is 16.4. The molecule has 3 unspecified atom stereocenters. The van der Waals surface area contributed by atoms with Crippen LogP contribution in [-0.2, 0) is 25.5 Å². The summed E-state index contributed by atoms with van der Waals surface area (Å²) in [5.41, 5.74) is 1.91. The molecule has 1 aliphatic rings. The van der Waals surface area contributed by atoms with Gasteiger partial charge in [-0.2, -0.15) is 0 Å². The van der Waals surface area contributed by atoms with E-state index in [1.54, 1.807) is 30.3 Å². The van der Waals surface area contributed by atoms with Crippen molar-refractivity contribution in [2.45, 2.75) is 38.6 Å². The van der Waals surface area contributed by atoms with E-state index in [-0.39, 0.29) is 25.0 Å². The number of ether oxygens (including phenoxy) is 5. The highest BCUT2D eigenvalue weighted by molar-refractivity contribution is 6.32. The van der Waals surface area contributed by atoms with Crippen LogP contribution in [0.5, 0.6) is 17.2 Å². The van der Waals surface area contributed by atoms with Crippen molar-refractivity contribution in [3.8, 4) is 17.2 Å². The normalized spacial score (nSPS) is 16.7. The molecule has 0 aliphatic heterocycles. The highest BCUT2D eigenvalue weighted by Crippen LogP contribution is 2.30. The number of aliphatic hydroxyl groups is 1. The van der Waals surface area contributed by atoms with Gasteiger partial charge >= 0.3 is 11.9 Å². The molecule has 2 aromatic carbocycles. The van der Waals surface area contributed by atoms with Gasteiger partial charge in [0, 0.05) is 30.9 Å². The summed E-state index contributed by atoms with van der Waals surface area (Å²) in [5, 5.41) is 9.79. The van der Waals surface area contributed by atoms with Crippen molar-refractivity contribution in [1.82, 2.24) is 0 Å². The number of hydrogen-bond donors (Lipinski definition) is 1. The second-order valence-corrected chi connectivity index (χ2v) is 9.67. The van der Waals surface area contributed by atoms with Gasteiger partial charge in [0.15, 0.2) is 0 Å². The summed E-state index contributed by atoms with van der Waals surface area (Å²) in [5.74, 6) is 0.624. The smallest absolute Gasteiger partial charge is 0.330 e. The van der Waals surface area contributed by atoms with E-state index < -0.39 is 18.2 Å². The van der Waals surface area contributed by atoms with E-state index in [9.17, 15) is 14.7 Å². The van der Waals surface area contributed by atoms with E-state index in [1.165, 1.54) is 6.08 Å². The lowest BCUT2D eigenvalue weighted by Gasteiger charge is -2.23. The van der Waals surface area contributed by atoms with Crippen molar-refractivity contribution in [2.24, 2.45) is 5.92 Å². The Balaban J connectivity index is 1.39. The number of rotatable bonds is 16. The topological polar surface area (TPSA) is 101 Å². The third-order valence-electron chi connectivity index (χ3n) is 6.03. The zero-order valence-electron chi connectivity index (χ0n) is 23.0. The standard InChI is InChI=1S/C32H35ClO8/c1-4-30(34)38-18-6-17-37-28-14-9-24(19-22(28)3)21-39-29-15-13-26(20-27(29)33)41-32(36)16-10-23-7-11-25(12-8-23)40-31(35)5-2/h4-5,7-9,11-15,19-20,22,28,31,35H,1-2,6,10,16-18,21H2,3H3. The van der Waals surface area contributed by atoms with Crippen molar-refractivity contribution >= 4 is 23.5 Å². The summed E-state index contributed by atoms with van der Waals surface area (Å²) in [6.45, 7) is 9.96. The first-order valence-corrected chi connectivity index (χ1v) is 13.6. The minimum absolute atomic E-state index is 0.0730. The Labute approximate surface area is 245 Å². The molecule has 0 fully saturated rings. The molecule has 9 heteroatoms. The summed E-state index contributed by atoms with van der Waals surface area (Å²) in [4.78, 5) is 23.4. The minimum atomic E-state index is -1.07. The first kappa shape index (κ1) is 31.7. The van der Waals surface area contributed by atoms with Crippen LogP contribution in [0, 0.1) is 5.92 Å². The zero-order chi connectivity index (χ0) is 29.6. The largest absolute Gasteiger partial charge is 0.487 e. The molecule has 218 valence electrons. The van der Waals surface area contributed by atoms with Gasteiger partial charge in [-0.05, 0) is 47.9 Å². The molecule has 3 atom stereocenters. The van der Waals surface area contributed by atoms with Crippen molar-refractivity contribution in [3.63, 3.8) is 0 Å². The number of carbonyl (C=O) groups excluding carboxylic acids is 2. The zero-order valence-corrected chi connectivity index (χ0v) is 23.8. The van der Waals surface area contributed by atoms with Crippen LogP contribution in [0.2, 0.25) is 5.02 Å². The first-order chi connectivity index (χ1) is 19.8. The maximum atomic E-state index is 12.3. The molecule has 2 aromatic rings. The number of benzene rings is 2. The highest BCUT2D eigenvalue weighted by atomic mass is 35.5. The quantitative estimate of drug-likeness (QED) is 0.0664. The molecule has 0 spiro atoms. The molecular weight excluding hydrogens is 548 g/mol. The number of halogens is 1. The average Bonchev–Trinajstić information content (AvgIpc) is 2.96. The molecule has 0 aromatic heterocycles. The predicted octanol–water partition coefficient (Wildman–Crippen LogP) is 5.78. The molecule has 0 radical (unpaired) electrons. The third kappa shape index (κ3) is 10.9. The molecule has 0 heterocycles. The van der Waals surface area contributed by atoms with Gasteiger partial charge in [0.05, 0.1) is 24.3 Å². The van der Waals surface area contributed by atoms with Gasteiger partial charge in [-0.25, -0.2) is 4.79 Å². The van der Waals surface area contributed by atoms with E-state index in [0.29, 0.717) is 48.3 Å². The predicted molar refractivity (Wildman–Crippen MR) is 156 cm³/mol. The summed E-state index contributed by atoms with van der Waals surface area (Å²) in [6, 6.07) is 11.9. The molecular formula is C32H35ClO8. The maximum Gasteiger partial charge on any atom is 0.330 e. The van der Waals surface area contributed by atoms with Gasteiger partial charge in [0.25, 0.3) is 0 Å². The molecule has 1 aliphatic carbocycles. The average molecular weight is 583 g/mol. The molecule has 0 saturated carbocycles. The number of carbonyl (C=O) groups is 2. The van der Waals surface area contributed by atoms with E-state index in [0.717, 1.165) is 17.2 Å². The Hall–Kier alpha value is -3.85. The Morgan fingerprint density at radius 3 is 2.54 bits per heavy atom. The van der Waals surface area contributed by atoms with Crippen LogP contribution in [0.3, 0.4) is 0 Å². The van der Waals surface area contributed by atoms with Crippen LogP contribution in [0.1, 0.15) is 25.3 Å². The summed E-state index contributed by atoms with van der Waals surface area (Å²) < 4.78 is 27.4. The van der Waals surface area contributed by atoms with Crippen molar-refractivity contribution in [1.29, 1.82) is 0 Å². The molecule has 3 rings (SSSR count). The molecule has 0 saturated heterocycles. The third-order valence-corrected chi connectivity index (χ3v) is 6.33. The van der Waals surface area contributed by atoms with Crippen molar-refractivity contribution in [2.75, 3.05) is 19.8 Å². The van der Waals surface area contributed by atoms with E-state index in [4.69, 9.17) is 35.3 Å². The molecule has 1 N–H and O–H groups in total. The number of hydrogen-bond acceptors (Lipinski definition) is 8. The van der Waals surface area contributed by atoms with Crippen LogP contribution in [-0.4, -0.2) is 49.3 Å². The fourth-order valence-electron chi connectivity index (χ4n) is 3.87. The highest BCUT2D eigenvalue weighted by Gasteiger charge is 2.18. The van der Waals surface area contributed by atoms with Crippen LogP contribution in [0.4, 0.5) is 0 Å². The van der Waals surface area contributed by atoms with Crippen LogP contribution >= 0.6 is 11.6 Å². The van der Waals surface area contributed by atoms with Crippen molar-refractivity contribution in [3.05, 3.63) is 102 Å². The van der Waals surface area contributed by atoms with Crippen LogP contribution in [0.25, 0.3) is 0 Å². The number of aryl methyl sites for hydroxylation is 1. The Kier molecular flexibility index (Phi) is 12.7.